The zero-order valence-corrected chi connectivity index (χ0v) is 12.9. The minimum Gasteiger partial charge on any atom is -0.279 e. The number of rotatable bonds is 4. The van der Waals surface area contributed by atoms with Gasteiger partial charge in [0.25, 0.3) is 5.69 Å². The Morgan fingerprint density at radius 1 is 1.17 bits per heavy atom. The standard InChI is InChI=1S/C14H9BrF3N3O2/c15-13-7-12(21(22)23)6-1-9(13)8-19-20-11-4-2-10(3-5-11)14(16,17)18/h1-8,20H/b19-8+. The third-order valence-corrected chi connectivity index (χ3v) is 3.49. The number of non-ortho nitro benzene ring substituents is 1. The Kier molecular flexibility index (Phi) is 4.99. The van der Waals surface area contributed by atoms with Gasteiger partial charge in [0, 0.05) is 22.2 Å². The van der Waals surface area contributed by atoms with Gasteiger partial charge in [-0.2, -0.15) is 18.3 Å². The summed E-state index contributed by atoms with van der Waals surface area (Å²) < 4.78 is 37.7. The molecule has 0 fully saturated rings. The largest absolute Gasteiger partial charge is 0.416 e. The number of hydrazone groups is 1. The molecule has 0 unspecified atom stereocenters. The second-order valence-electron chi connectivity index (χ2n) is 4.41. The van der Waals surface area contributed by atoms with Gasteiger partial charge in [-0.1, -0.05) is 0 Å². The molecule has 2 aromatic carbocycles. The van der Waals surface area contributed by atoms with Crippen molar-refractivity contribution in [2.45, 2.75) is 6.18 Å². The second-order valence-corrected chi connectivity index (χ2v) is 5.26. The number of hydrogen-bond acceptors (Lipinski definition) is 4. The van der Waals surface area contributed by atoms with Crippen molar-refractivity contribution < 1.29 is 18.1 Å². The van der Waals surface area contributed by atoms with Crippen LogP contribution in [-0.4, -0.2) is 11.1 Å². The Labute approximate surface area is 137 Å². The first-order valence-corrected chi connectivity index (χ1v) is 6.97. The number of nitrogens with zero attached hydrogens (tertiary/aromatic N) is 2. The molecule has 0 aliphatic heterocycles. The molecule has 9 heteroatoms. The first-order chi connectivity index (χ1) is 10.8. The summed E-state index contributed by atoms with van der Waals surface area (Å²) in [6.45, 7) is 0. The van der Waals surface area contributed by atoms with Gasteiger partial charge >= 0.3 is 6.18 Å². The number of anilines is 1. The maximum absolute atomic E-state index is 12.4. The number of nitro groups is 1. The Hall–Kier alpha value is -2.42. The predicted octanol–water partition coefficient (Wildman–Crippen LogP) is 4.82. The lowest BCUT2D eigenvalue weighted by Crippen LogP contribution is -2.04. The summed E-state index contributed by atoms with van der Waals surface area (Å²) >= 11 is 3.18. The van der Waals surface area contributed by atoms with E-state index in [1.807, 2.05) is 0 Å². The van der Waals surface area contributed by atoms with Crippen molar-refractivity contribution in [2.24, 2.45) is 5.10 Å². The van der Waals surface area contributed by atoms with E-state index in [1.165, 1.54) is 36.5 Å². The zero-order valence-electron chi connectivity index (χ0n) is 11.3. The van der Waals surface area contributed by atoms with Crippen molar-refractivity contribution in [3.05, 3.63) is 68.2 Å². The highest BCUT2D eigenvalue weighted by Crippen LogP contribution is 2.29. The number of nitro benzene ring substituents is 1. The Morgan fingerprint density at radius 3 is 2.35 bits per heavy atom. The summed E-state index contributed by atoms with van der Waals surface area (Å²) in [5, 5.41) is 14.5. The molecule has 0 heterocycles. The van der Waals surface area contributed by atoms with Crippen LogP contribution in [0.15, 0.2) is 52.0 Å². The van der Waals surface area contributed by atoms with E-state index in [9.17, 15) is 23.3 Å². The molecule has 0 aliphatic rings. The minimum absolute atomic E-state index is 0.0651. The molecule has 0 radical (unpaired) electrons. The molecule has 0 saturated heterocycles. The molecular formula is C14H9BrF3N3O2. The number of hydrogen-bond donors (Lipinski definition) is 1. The maximum Gasteiger partial charge on any atom is 0.416 e. The van der Waals surface area contributed by atoms with Crippen molar-refractivity contribution in [3.63, 3.8) is 0 Å². The molecule has 0 aliphatic carbocycles. The molecule has 0 bridgehead atoms. The van der Waals surface area contributed by atoms with Crippen molar-refractivity contribution >= 4 is 33.5 Å². The third-order valence-electron chi connectivity index (χ3n) is 2.80. The van der Waals surface area contributed by atoms with E-state index in [4.69, 9.17) is 0 Å². The van der Waals surface area contributed by atoms with Crippen LogP contribution in [0.5, 0.6) is 0 Å². The van der Waals surface area contributed by atoms with Crippen LogP contribution in [0.25, 0.3) is 0 Å². The first kappa shape index (κ1) is 16.9. The van der Waals surface area contributed by atoms with Gasteiger partial charge in [0.15, 0.2) is 0 Å². The van der Waals surface area contributed by atoms with Gasteiger partial charge < -0.3 is 0 Å². The highest BCUT2D eigenvalue weighted by Gasteiger charge is 2.29. The Bertz CT molecular complexity index is 746. The Balaban J connectivity index is 2.06. The van der Waals surface area contributed by atoms with Gasteiger partial charge in [-0.3, -0.25) is 15.5 Å². The smallest absolute Gasteiger partial charge is 0.279 e. The fraction of sp³-hybridized carbons (Fsp3) is 0.0714. The molecule has 5 nitrogen and oxygen atoms in total. The lowest BCUT2D eigenvalue weighted by molar-refractivity contribution is -0.384. The van der Waals surface area contributed by atoms with E-state index in [0.717, 1.165) is 12.1 Å². The van der Waals surface area contributed by atoms with E-state index in [-0.39, 0.29) is 5.69 Å². The average molecular weight is 388 g/mol. The SMILES string of the molecule is O=[N+]([O-])c1ccc(/C=N/Nc2ccc(C(F)(F)F)cc2)c(Br)c1. The van der Waals surface area contributed by atoms with E-state index in [0.29, 0.717) is 15.7 Å². The van der Waals surface area contributed by atoms with Crippen LogP contribution >= 0.6 is 15.9 Å². The quantitative estimate of drug-likeness (QED) is 0.464. The van der Waals surface area contributed by atoms with Crippen LogP contribution in [0.4, 0.5) is 24.5 Å². The number of alkyl halides is 3. The van der Waals surface area contributed by atoms with Crippen LogP contribution in [0, 0.1) is 10.1 Å². The van der Waals surface area contributed by atoms with Crippen LogP contribution in [-0.2, 0) is 6.18 Å². The molecule has 2 rings (SSSR count). The summed E-state index contributed by atoms with van der Waals surface area (Å²) in [6.07, 6.45) is -2.99. The first-order valence-electron chi connectivity index (χ1n) is 6.17. The number of nitrogens with one attached hydrogen (secondary N) is 1. The normalized spacial score (nSPS) is 11.7. The molecule has 1 N–H and O–H groups in total. The summed E-state index contributed by atoms with van der Waals surface area (Å²) in [5.41, 5.74) is 2.73. The van der Waals surface area contributed by atoms with Crippen molar-refractivity contribution in [2.75, 3.05) is 5.43 Å². The van der Waals surface area contributed by atoms with E-state index >= 15 is 0 Å². The molecule has 120 valence electrons. The Morgan fingerprint density at radius 2 is 1.83 bits per heavy atom. The van der Waals surface area contributed by atoms with Gasteiger partial charge in [-0.15, -0.1) is 0 Å². The highest BCUT2D eigenvalue weighted by molar-refractivity contribution is 9.10. The molecule has 0 amide bonds. The second kappa shape index (κ2) is 6.78. The summed E-state index contributed by atoms with van der Waals surface area (Å²) in [7, 11) is 0. The van der Waals surface area contributed by atoms with Crippen LogP contribution < -0.4 is 5.43 Å². The van der Waals surface area contributed by atoms with Crippen molar-refractivity contribution in [1.29, 1.82) is 0 Å². The highest BCUT2D eigenvalue weighted by atomic mass is 79.9. The molecule has 0 atom stereocenters. The monoisotopic (exact) mass is 387 g/mol. The maximum atomic E-state index is 12.4. The fourth-order valence-electron chi connectivity index (χ4n) is 1.64. The van der Waals surface area contributed by atoms with Gasteiger partial charge in [-0.25, -0.2) is 0 Å². The molecular weight excluding hydrogens is 379 g/mol. The van der Waals surface area contributed by atoms with E-state index in [1.54, 1.807) is 0 Å². The van der Waals surface area contributed by atoms with Gasteiger partial charge in [-0.05, 0) is 46.3 Å². The molecule has 23 heavy (non-hydrogen) atoms. The summed E-state index contributed by atoms with van der Waals surface area (Å²) in [6, 6.07) is 8.55. The molecule has 0 spiro atoms. The van der Waals surface area contributed by atoms with Gasteiger partial charge in [0.05, 0.1) is 22.4 Å². The van der Waals surface area contributed by atoms with Gasteiger partial charge in [0.2, 0.25) is 0 Å². The average Bonchev–Trinajstić information content (AvgIpc) is 2.48. The van der Waals surface area contributed by atoms with Crippen LogP contribution in [0.3, 0.4) is 0 Å². The van der Waals surface area contributed by atoms with Crippen molar-refractivity contribution in [3.8, 4) is 0 Å². The third kappa shape index (κ3) is 4.52. The van der Waals surface area contributed by atoms with Crippen molar-refractivity contribution in [1.82, 2.24) is 0 Å². The fourth-order valence-corrected chi connectivity index (χ4v) is 2.11. The number of benzene rings is 2. The lowest BCUT2D eigenvalue weighted by Gasteiger charge is -2.07. The van der Waals surface area contributed by atoms with E-state index in [2.05, 4.69) is 26.5 Å². The predicted molar refractivity (Wildman–Crippen MR) is 83.5 cm³/mol. The molecule has 2 aromatic rings. The summed E-state index contributed by atoms with van der Waals surface area (Å²) in [5.74, 6) is 0. The summed E-state index contributed by atoms with van der Waals surface area (Å²) in [4.78, 5) is 10.1. The minimum atomic E-state index is -4.38. The van der Waals surface area contributed by atoms with Gasteiger partial charge in [0.1, 0.15) is 0 Å². The van der Waals surface area contributed by atoms with E-state index < -0.39 is 16.7 Å². The van der Waals surface area contributed by atoms with Crippen LogP contribution in [0.1, 0.15) is 11.1 Å². The topological polar surface area (TPSA) is 67.5 Å². The number of halogens is 4. The molecule has 0 saturated carbocycles. The van der Waals surface area contributed by atoms with Crippen LogP contribution in [0.2, 0.25) is 0 Å². The zero-order chi connectivity index (χ0) is 17.0. The molecule has 0 aromatic heterocycles. The lowest BCUT2D eigenvalue weighted by atomic mass is 10.2.